The third kappa shape index (κ3) is 5.22. The van der Waals surface area contributed by atoms with Gasteiger partial charge in [-0.15, -0.1) is 0 Å². The van der Waals surface area contributed by atoms with Crippen molar-refractivity contribution >= 4 is 80.2 Å². The van der Waals surface area contributed by atoms with Crippen LogP contribution >= 0.6 is 68.1 Å². The van der Waals surface area contributed by atoms with Gasteiger partial charge in [0.1, 0.15) is 5.75 Å². The standard InChI is InChI=1S/C23H14ClF3I2N2O4S/c1-2-35-21(34)16-17(11-3-5-12(24)6-4-11)31-20(33)15(36-22(31)30-19(16)23(25,26)27)9-10-7-13(28)18(32)14(29)8-10/h3-9,17,32H,2H2,1H3/b15-9-/t17-/m1/s1. The molecule has 4 rings (SSSR count). The van der Waals surface area contributed by atoms with Crippen molar-refractivity contribution in [3.8, 4) is 5.75 Å². The van der Waals surface area contributed by atoms with Crippen molar-refractivity contribution in [2.45, 2.75) is 19.1 Å². The van der Waals surface area contributed by atoms with E-state index in [1.54, 1.807) is 12.1 Å². The van der Waals surface area contributed by atoms with E-state index in [-0.39, 0.29) is 27.3 Å². The van der Waals surface area contributed by atoms with Crippen molar-refractivity contribution in [3.63, 3.8) is 0 Å². The number of carbonyl (C=O) groups is 1. The molecule has 1 atom stereocenters. The van der Waals surface area contributed by atoms with Crippen LogP contribution in [0.15, 0.2) is 57.5 Å². The number of hydrogen-bond acceptors (Lipinski definition) is 6. The number of allylic oxidation sites excluding steroid dienone is 1. The molecule has 0 unspecified atom stereocenters. The fraction of sp³-hybridized carbons (Fsp3) is 0.174. The molecule has 0 radical (unpaired) electrons. The van der Waals surface area contributed by atoms with Crippen LogP contribution in [0.4, 0.5) is 13.2 Å². The van der Waals surface area contributed by atoms with Crippen LogP contribution in [0.5, 0.6) is 5.75 Å². The number of phenolic OH excluding ortho intramolecular Hbond substituents is 1. The summed E-state index contributed by atoms with van der Waals surface area (Å²) < 4.78 is 49.6. The van der Waals surface area contributed by atoms with Crippen LogP contribution in [0.1, 0.15) is 24.1 Å². The van der Waals surface area contributed by atoms with E-state index in [1.807, 2.05) is 45.2 Å². The molecular weight excluding hydrogens is 747 g/mol. The number of benzene rings is 2. The van der Waals surface area contributed by atoms with E-state index in [0.29, 0.717) is 17.7 Å². The smallest absolute Gasteiger partial charge is 0.434 e. The number of fused-ring (bicyclic) bond motifs is 1. The Morgan fingerprint density at radius 1 is 1.25 bits per heavy atom. The van der Waals surface area contributed by atoms with Crippen LogP contribution in [-0.2, 0) is 9.53 Å². The maximum atomic E-state index is 14.1. The predicted molar refractivity (Wildman–Crippen MR) is 146 cm³/mol. The Labute approximate surface area is 238 Å². The number of thiazole rings is 1. The summed E-state index contributed by atoms with van der Waals surface area (Å²) in [5, 5.41) is 10.4. The minimum Gasteiger partial charge on any atom is -0.506 e. The lowest BCUT2D eigenvalue weighted by atomic mass is 9.95. The lowest BCUT2D eigenvalue weighted by molar-refractivity contribution is -0.140. The second-order valence-corrected chi connectivity index (χ2v) is 11.2. The van der Waals surface area contributed by atoms with E-state index in [9.17, 15) is 27.9 Å². The highest BCUT2D eigenvalue weighted by molar-refractivity contribution is 14.1. The first kappa shape index (κ1) is 27.1. The number of halogens is 6. The Balaban J connectivity index is 2.05. The van der Waals surface area contributed by atoms with Gasteiger partial charge in [-0.2, -0.15) is 13.2 Å². The Kier molecular flexibility index (Phi) is 7.88. The minimum absolute atomic E-state index is 0.0893. The molecular formula is C23H14ClF3I2N2O4S. The van der Waals surface area contributed by atoms with Crippen molar-refractivity contribution in [1.82, 2.24) is 4.57 Å². The Morgan fingerprint density at radius 3 is 2.42 bits per heavy atom. The van der Waals surface area contributed by atoms with Crippen molar-refractivity contribution < 1.29 is 27.8 Å². The SMILES string of the molecule is CCOC(=O)C1=C(C(F)(F)F)N=c2s/c(=C\c3cc(I)c(O)c(I)c3)c(=O)n2[C@@H]1c1ccc(Cl)cc1. The first-order valence-electron chi connectivity index (χ1n) is 10.2. The monoisotopic (exact) mass is 760 g/mol. The molecule has 1 aliphatic heterocycles. The highest BCUT2D eigenvalue weighted by Gasteiger charge is 2.45. The van der Waals surface area contributed by atoms with E-state index >= 15 is 0 Å². The van der Waals surface area contributed by atoms with Gasteiger partial charge in [-0.1, -0.05) is 35.1 Å². The highest BCUT2D eigenvalue weighted by atomic mass is 127. The number of aromatic nitrogens is 1. The van der Waals surface area contributed by atoms with Gasteiger partial charge in [0.15, 0.2) is 10.5 Å². The van der Waals surface area contributed by atoms with Crippen LogP contribution in [0.25, 0.3) is 6.08 Å². The van der Waals surface area contributed by atoms with E-state index in [1.165, 1.54) is 37.3 Å². The van der Waals surface area contributed by atoms with E-state index < -0.39 is 35.0 Å². The number of esters is 1. The molecule has 0 spiro atoms. The first-order valence-corrected chi connectivity index (χ1v) is 13.5. The normalized spacial score (nSPS) is 16.1. The Bertz CT molecular complexity index is 1560. The van der Waals surface area contributed by atoms with Gasteiger partial charge in [0, 0.05) is 5.02 Å². The Hall–Kier alpha value is -1.91. The van der Waals surface area contributed by atoms with Gasteiger partial charge in [-0.3, -0.25) is 9.36 Å². The van der Waals surface area contributed by atoms with Gasteiger partial charge in [-0.05, 0) is 93.6 Å². The highest BCUT2D eigenvalue weighted by Crippen LogP contribution is 2.38. The van der Waals surface area contributed by atoms with Crippen LogP contribution in [0.3, 0.4) is 0 Å². The van der Waals surface area contributed by atoms with Crippen LogP contribution < -0.4 is 14.9 Å². The molecule has 3 aromatic rings. The quantitative estimate of drug-likeness (QED) is 0.303. The fourth-order valence-electron chi connectivity index (χ4n) is 3.62. The van der Waals surface area contributed by atoms with Crippen molar-refractivity contribution in [3.05, 3.63) is 90.6 Å². The van der Waals surface area contributed by atoms with Gasteiger partial charge in [-0.25, -0.2) is 9.79 Å². The molecule has 13 heteroatoms. The maximum Gasteiger partial charge on any atom is 0.434 e. The molecule has 36 heavy (non-hydrogen) atoms. The second-order valence-electron chi connectivity index (χ2n) is 7.45. The third-order valence-electron chi connectivity index (χ3n) is 5.12. The van der Waals surface area contributed by atoms with Gasteiger partial charge < -0.3 is 9.84 Å². The summed E-state index contributed by atoms with van der Waals surface area (Å²) >= 11 is 10.6. The molecule has 0 amide bonds. The summed E-state index contributed by atoms with van der Waals surface area (Å²) in [6.45, 7) is 1.31. The lowest BCUT2D eigenvalue weighted by Crippen LogP contribution is -2.41. The molecule has 2 heterocycles. The summed E-state index contributed by atoms with van der Waals surface area (Å²) in [6.07, 6.45) is -3.47. The predicted octanol–water partition coefficient (Wildman–Crippen LogP) is 4.91. The van der Waals surface area contributed by atoms with Gasteiger partial charge in [0.2, 0.25) is 0 Å². The number of alkyl halides is 3. The second kappa shape index (κ2) is 10.5. The number of nitrogens with zero attached hydrogens (tertiary/aromatic N) is 2. The molecule has 1 aliphatic rings. The molecule has 2 aromatic carbocycles. The third-order valence-corrected chi connectivity index (χ3v) is 8.00. The zero-order valence-corrected chi connectivity index (χ0v) is 24.0. The van der Waals surface area contributed by atoms with Crippen LogP contribution in [0.2, 0.25) is 5.02 Å². The van der Waals surface area contributed by atoms with E-state index in [2.05, 4.69) is 4.99 Å². The number of ether oxygens (including phenoxy) is 1. The molecule has 0 bridgehead atoms. The van der Waals surface area contributed by atoms with Crippen LogP contribution in [0, 0.1) is 7.14 Å². The minimum atomic E-state index is -4.98. The van der Waals surface area contributed by atoms with Crippen LogP contribution in [-0.4, -0.2) is 28.4 Å². The summed E-state index contributed by atoms with van der Waals surface area (Å²) in [4.78, 5) is 29.9. The van der Waals surface area contributed by atoms with Crippen molar-refractivity contribution in [2.75, 3.05) is 6.61 Å². The summed E-state index contributed by atoms with van der Waals surface area (Å²) in [5.74, 6) is -1.13. The van der Waals surface area contributed by atoms with E-state index in [0.717, 1.165) is 15.9 Å². The lowest BCUT2D eigenvalue weighted by Gasteiger charge is -2.26. The zero-order valence-electron chi connectivity index (χ0n) is 18.1. The summed E-state index contributed by atoms with van der Waals surface area (Å²) in [7, 11) is 0. The molecule has 0 aliphatic carbocycles. The summed E-state index contributed by atoms with van der Waals surface area (Å²) in [5.41, 5.74) is -2.02. The molecule has 1 aromatic heterocycles. The first-order chi connectivity index (χ1) is 16.9. The zero-order chi connectivity index (χ0) is 26.4. The molecule has 188 valence electrons. The van der Waals surface area contributed by atoms with Gasteiger partial charge in [0.25, 0.3) is 5.56 Å². The fourth-order valence-corrected chi connectivity index (χ4v) is 6.56. The molecule has 6 nitrogen and oxygen atoms in total. The molecule has 0 saturated heterocycles. The maximum absolute atomic E-state index is 14.1. The molecule has 1 N–H and O–H groups in total. The number of phenols is 1. The van der Waals surface area contributed by atoms with Crippen molar-refractivity contribution in [2.24, 2.45) is 4.99 Å². The number of aromatic hydroxyl groups is 1. The number of hydrogen-bond donors (Lipinski definition) is 1. The average molecular weight is 761 g/mol. The number of rotatable bonds is 4. The van der Waals surface area contributed by atoms with E-state index in [4.69, 9.17) is 16.3 Å². The van der Waals surface area contributed by atoms with Gasteiger partial charge >= 0.3 is 12.1 Å². The largest absolute Gasteiger partial charge is 0.506 e. The van der Waals surface area contributed by atoms with Gasteiger partial charge in [0.05, 0.1) is 29.9 Å². The number of carbonyl (C=O) groups excluding carboxylic acids is 1. The molecule has 0 saturated carbocycles. The topological polar surface area (TPSA) is 80.9 Å². The Morgan fingerprint density at radius 2 is 1.86 bits per heavy atom. The van der Waals surface area contributed by atoms with Crippen molar-refractivity contribution in [1.29, 1.82) is 0 Å². The average Bonchev–Trinajstić information content (AvgIpc) is 3.11. The summed E-state index contributed by atoms with van der Waals surface area (Å²) in [6, 6.07) is 7.67. The molecule has 0 fully saturated rings.